The number of aryl methyl sites for hydroxylation is 1. The van der Waals surface area contributed by atoms with Crippen LogP contribution in [0.3, 0.4) is 0 Å². The number of benzene rings is 2. The van der Waals surface area contributed by atoms with Crippen molar-refractivity contribution in [3.05, 3.63) is 47.5 Å². The van der Waals surface area contributed by atoms with Gasteiger partial charge in [0.1, 0.15) is 0 Å². The molecule has 2 rings (SSSR count). The lowest BCUT2D eigenvalue weighted by molar-refractivity contribution is 0.102. The molecule has 1 amide bonds. The van der Waals surface area contributed by atoms with Gasteiger partial charge < -0.3 is 14.8 Å². The van der Waals surface area contributed by atoms with Crippen molar-refractivity contribution in [2.75, 3.05) is 19.5 Å². The first-order valence-corrected chi connectivity index (χ1v) is 8.47. The van der Waals surface area contributed by atoms with Crippen LogP contribution >= 0.6 is 0 Å². The highest BCUT2D eigenvalue weighted by Crippen LogP contribution is 2.30. The number of primary sulfonamides is 1. The van der Waals surface area contributed by atoms with Crippen molar-refractivity contribution in [2.24, 2.45) is 5.14 Å². The summed E-state index contributed by atoms with van der Waals surface area (Å²) in [7, 11) is -0.890. The molecular formula is C16H18N2O5S. The smallest absolute Gasteiger partial charge is 0.255 e. The van der Waals surface area contributed by atoms with Crippen LogP contribution in [0.2, 0.25) is 0 Å². The molecule has 0 atom stereocenters. The summed E-state index contributed by atoms with van der Waals surface area (Å²) < 4.78 is 33.3. The van der Waals surface area contributed by atoms with Crippen molar-refractivity contribution in [3.8, 4) is 11.5 Å². The molecule has 0 saturated carbocycles. The molecule has 0 aliphatic rings. The van der Waals surface area contributed by atoms with E-state index in [0.29, 0.717) is 22.7 Å². The maximum Gasteiger partial charge on any atom is 0.255 e. The second-order valence-electron chi connectivity index (χ2n) is 5.10. The lowest BCUT2D eigenvalue weighted by Gasteiger charge is -2.11. The molecule has 3 N–H and O–H groups in total. The van der Waals surface area contributed by atoms with Crippen molar-refractivity contribution in [3.63, 3.8) is 0 Å². The summed E-state index contributed by atoms with van der Waals surface area (Å²) in [6.45, 7) is 1.68. The van der Waals surface area contributed by atoms with E-state index >= 15 is 0 Å². The van der Waals surface area contributed by atoms with Gasteiger partial charge in [-0.3, -0.25) is 4.79 Å². The van der Waals surface area contributed by atoms with Gasteiger partial charge in [0.05, 0.1) is 19.1 Å². The molecule has 2 aromatic carbocycles. The summed E-state index contributed by atoms with van der Waals surface area (Å²) in [6, 6.07) is 9.12. The Bertz CT molecular complexity index is 878. The zero-order valence-electron chi connectivity index (χ0n) is 13.5. The second kappa shape index (κ2) is 6.90. The molecule has 128 valence electrons. The van der Waals surface area contributed by atoms with Crippen molar-refractivity contribution < 1.29 is 22.7 Å². The summed E-state index contributed by atoms with van der Waals surface area (Å²) in [5.74, 6) is 0.531. The van der Waals surface area contributed by atoms with E-state index in [4.69, 9.17) is 14.6 Å². The summed E-state index contributed by atoms with van der Waals surface area (Å²) >= 11 is 0. The van der Waals surface area contributed by atoms with E-state index in [1.165, 1.54) is 26.4 Å². The lowest BCUT2D eigenvalue weighted by atomic mass is 10.1. The third-order valence-electron chi connectivity index (χ3n) is 3.28. The van der Waals surface area contributed by atoms with Crippen LogP contribution in [-0.4, -0.2) is 28.5 Å². The molecule has 0 bridgehead atoms. The van der Waals surface area contributed by atoms with Gasteiger partial charge >= 0.3 is 0 Å². The van der Waals surface area contributed by atoms with Crippen LogP contribution < -0.4 is 19.9 Å². The fourth-order valence-electron chi connectivity index (χ4n) is 2.16. The van der Waals surface area contributed by atoms with Crippen LogP contribution in [0.5, 0.6) is 11.5 Å². The number of carbonyl (C=O) groups excluding carboxylic acids is 1. The minimum absolute atomic E-state index is 0.111. The van der Waals surface area contributed by atoms with E-state index in [2.05, 4.69) is 5.32 Å². The van der Waals surface area contributed by atoms with Crippen molar-refractivity contribution in [1.82, 2.24) is 0 Å². The molecule has 2 aromatic rings. The first-order valence-electron chi connectivity index (χ1n) is 6.92. The van der Waals surface area contributed by atoms with E-state index in [-0.39, 0.29) is 10.5 Å². The number of nitrogens with two attached hydrogens (primary N) is 1. The van der Waals surface area contributed by atoms with Gasteiger partial charge in [-0.25, -0.2) is 13.6 Å². The highest BCUT2D eigenvalue weighted by atomic mass is 32.2. The predicted octanol–water partition coefficient (Wildman–Crippen LogP) is 1.91. The highest BCUT2D eigenvalue weighted by Gasteiger charge is 2.14. The van der Waals surface area contributed by atoms with Crippen LogP contribution in [0, 0.1) is 6.92 Å². The Hall–Kier alpha value is -2.58. The lowest BCUT2D eigenvalue weighted by Crippen LogP contribution is -2.16. The van der Waals surface area contributed by atoms with Crippen LogP contribution in [-0.2, 0) is 10.0 Å². The molecule has 0 aliphatic carbocycles. The minimum atomic E-state index is -3.89. The molecule has 0 heterocycles. The van der Waals surface area contributed by atoms with E-state index < -0.39 is 15.9 Å². The molecule has 8 heteroatoms. The number of amides is 1. The molecular weight excluding hydrogens is 332 g/mol. The predicted molar refractivity (Wildman–Crippen MR) is 90.1 cm³/mol. The molecule has 0 aromatic heterocycles. The third-order valence-corrected chi connectivity index (χ3v) is 4.18. The summed E-state index contributed by atoms with van der Waals surface area (Å²) in [5.41, 5.74) is 1.28. The second-order valence-corrected chi connectivity index (χ2v) is 6.67. The Morgan fingerprint density at radius 2 is 1.71 bits per heavy atom. The van der Waals surface area contributed by atoms with Gasteiger partial charge in [0.25, 0.3) is 5.91 Å². The number of rotatable bonds is 5. The zero-order chi connectivity index (χ0) is 17.9. The Morgan fingerprint density at radius 1 is 1.04 bits per heavy atom. The first-order chi connectivity index (χ1) is 11.2. The van der Waals surface area contributed by atoms with Crippen LogP contribution in [0.1, 0.15) is 15.9 Å². The number of nitrogens with one attached hydrogen (secondary N) is 1. The van der Waals surface area contributed by atoms with E-state index in [1.807, 2.05) is 0 Å². The number of carbonyl (C=O) groups is 1. The standard InChI is InChI=1S/C16H18N2O5S/c1-10-6-11(8-13(7-10)24(17,20)21)16(19)18-12-4-5-14(22-2)15(9-12)23-3/h4-9H,1-3H3,(H,18,19)(H2,17,20,21). The summed E-state index contributed by atoms with van der Waals surface area (Å²) in [6.07, 6.45) is 0. The monoisotopic (exact) mass is 350 g/mol. The maximum absolute atomic E-state index is 12.4. The Labute approximate surface area is 140 Å². The van der Waals surface area contributed by atoms with Gasteiger partial charge in [-0.1, -0.05) is 0 Å². The van der Waals surface area contributed by atoms with Crippen LogP contribution in [0.25, 0.3) is 0 Å². The van der Waals surface area contributed by atoms with E-state index in [0.717, 1.165) is 0 Å². The third kappa shape index (κ3) is 4.03. The molecule has 0 unspecified atom stereocenters. The fourth-order valence-corrected chi connectivity index (χ4v) is 2.80. The molecule has 0 radical (unpaired) electrons. The number of sulfonamides is 1. The molecule has 7 nitrogen and oxygen atoms in total. The zero-order valence-corrected chi connectivity index (χ0v) is 14.3. The molecule has 24 heavy (non-hydrogen) atoms. The number of hydrogen-bond acceptors (Lipinski definition) is 5. The van der Waals surface area contributed by atoms with Gasteiger partial charge in [-0.15, -0.1) is 0 Å². The molecule has 0 aliphatic heterocycles. The number of methoxy groups -OCH3 is 2. The fraction of sp³-hybridized carbons (Fsp3) is 0.188. The normalized spacial score (nSPS) is 11.0. The average molecular weight is 350 g/mol. The molecule has 0 fully saturated rings. The summed E-state index contributed by atoms with van der Waals surface area (Å²) in [5, 5.41) is 7.81. The quantitative estimate of drug-likeness (QED) is 0.856. The molecule has 0 saturated heterocycles. The van der Waals surface area contributed by atoms with Gasteiger partial charge in [0.2, 0.25) is 10.0 Å². The largest absolute Gasteiger partial charge is 0.493 e. The summed E-state index contributed by atoms with van der Waals surface area (Å²) in [4.78, 5) is 12.3. The topological polar surface area (TPSA) is 108 Å². The van der Waals surface area contributed by atoms with Crippen molar-refractivity contribution >= 4 is 21.6 Å². The average Bonchev–Trinajstić information content (AvgIpc) is 2.53. The Morgan fingerprint density at radius 3 is 2.29 bits per heavy atom. The van der Waals surface area contributed by atoms with Crippen molar-refractivity contribution in [2.45, 2.75) is 11.8 Å². The SMILES string of the molecule is COc1ccc(NC(=O)c2cc(C)cc(S(N)(=O)=O)c2)cc1OC. The Kier molecular flexibility index (Phi) is 5.10. The minimum Gasteiger partial charge on any atom is -0.493 e. The van der Waals surface area contributed by atoms with Crippen LogP contribution in [0.15, 0.2) is 41.3 Å². The highest BCUT2D eigenvalue weighted by molar-refractivity contribution is 7.89. The van der Waals surface area contributed by atoms with Crippen LogP contribution in [0.4, 0.5) is 5.69 Å². The van der Waals surface area contributed by atoms with Crippen molar-refractivity contribution in [1.29, 1.82) is 0 Å². The van der Waals surface area contributed by atoms with E-state index in [1.54, 1.807) is 31.2 Å². The maximum atomic E-state index is 12.4. The van der Waals surface area contributed by atoms with Gasteiger partial charge in [0, 0.05) is 17.3 Å². The Balaban J connectivity index is 2.32. The number of anilines is 1. The number of ether oxygens (including phenoxy) is 2. The van der Waals surface area contributed by atoms with Gasteiger partial charge in [-0.05, 0) is 42.8 Å². The molecule has 0 spiro atoms. The van der Waals surface area contributed by atoms with Gasteiger partial charge in [0.15, 0.2) is 11.5 Å². The van der Waals surface area contributed by atoms with E-state index in [9.17, 15) is 13.2 Å². The van der Waals surface area contributed by atoms with Gasteiger partial charge in [-0.2, -0.15) is 0 Å². The first kappa shape index (κ1) is 17.8. The number of hydrogen-bond donors (Lipinski definition) is 2.